The predicted molar refractivity (Wildman–Crippen MR) is 91.9 cm³/mol. The lowest BCUT2D eigenvalue weighted by Crippen LogP contribution is -2.46. The van der Waals surface area contributed by atoms with E-state index >= 15 is 0 Å². The van der Waals surface area contributed by atoms with Crippen molar-refractivity contribution in [3.05, 3.63) is 54.0 Å². The Hall–Kier alpha value is -2.05. The highest BCUT2D eigenvalue weighted by atomic mass is 32.1. The van der Waals surface area contributed by atoms with Crippen LogP contribution in [-0.2, 0) is 6.54 Å². The predicted octanol–water partition coefficient (Wildman–Crippen LogP) is 1.43. The molecule has 6 heteroatoms. The third-order valence-corrected chi connectivity index (χ3v) is 4.03. The van der Waals surface area contributed by atoms with Gasteiger partial charge in [-0.1, -0.05) is 42.5 Å². The molecule has 2 aromatic rings. The first-order valence-corrected chi connectivity index (χ1v) is 7.77. The molecule has 1 saturated heterocycles. The van der Waals surface area contributed by atoms with E-state index in [2.05, 4.69) is 44.0 Å². The van der Waals surface area contributed by atoms with Gasteiger partial charge in [-0.15, -0.1) is 0 Å². The first-order chi connectivity index (χ1) is 10.7. The van der Waals surface area contributed by atoms with Gasteiger partial charge in [0, 0.05) is 45.1 Å². The van der Waals surface area contributed by atoms with Crippen molar-refractivity contribution in [1.29, 1.82) is 0 Å². The number of piperazine rings is 1. The van der Waals surface area contributed by atoms with E-state index in [1.807, 2.05) is 6.07 Å². The van der Waals surface area contributed by atoms with E-state index in [9.17, 15) is 0 Å². The summed E-state index contributed by atoms with van der Waals surface area (Å²) < 4.78 is 0. The van der Waals surface area contributed by atoms with Crippen LogP contribution in [0.3, 0.4) is 0 Å². The summed E-state index contributed by atoms with van der Waals surface area (Å²) in [6, 6.07) is 10.5. The molecule has 114 valence electrons. The monoisotopic (exact) mass is 313 g/mol. The second-order valence-electron chi connectivity index (χ2n) is 5.34. The van der Waals surface area contributed by atoms with E-state index < -0.39 is 0 Å². The third kappa shape index (κ3) is 3.40. The molecule has 0 spiro atoms. The first-order valence-electron chi connectivity index (χ1n) is 7.36. The Kier molecular flexibility index (Phi) is 4.60. The van der Waals surface area contributed by atoms with Crippen LogP contribution in [0.4, 0.5) is 5.82 Å². The van der Waals surface area contributed by atoms with Gasteiger partial charge in [0.2, 0.25) is 0 Å². The normalized spacial score (nSPS) is 15.7. The Morgan fingerprint density at radius 1 is 1.05 bits per heavy atom. The lowest BCUT2D eigenvalue weighted by atomic mass is 10.2. The van der Waals surface area contributed by atoms with Crippen molar-refractivity contribution in [3.63, 3.8) is 0 Å². The second kappa shape index (κ2) is 6.81. The van der Waals surface area contributed by atoms with Crippen LogP contribution in [0.15, 0.2) is 42.7 Å². The fraction of sp³-hybridized carbons (Fsp3) is 0.312. The highest BCUT2D eigenvalue weighted by molar-refractivity contribution is 7.80. The summed E-state index contributed by atoms with van der Waals surface area (Å²) in [7, 11) is 0. The SMILES string of the molecule is NC(=S)c1nccnc1N1CCN(Cc2ccccc2)CC1. The van der Waals surface area contributed by atoms with E-state index in [1.165, 1.54) is 5.56 Å². The van der Waals surface area contributed by atoms with Crippen LogP contribution in [0.2, 0.25) is 0 Å². The Morgan fingerprint density at radius 2 is 1.73 bits per heavy atom. The molecule has 0 saturated carbocycles. The van der Waals surface area contributed by atoms with Crippen molar-refractivity contribution >= 4 is 23.0 Å². The van der Waals surface area contributed by atoms with Gasteiger partial charge in [-0.25, -0.2) is 9.97 Å². The van der Waals surface area contributed by atoms with Crippen LogP contribution >= 0.6 is 12.2 Å². The molecule has 0 aliphatic carbocycles. The molecule has 1 aromatic carbocycles. The molecular formula is C16H19N5S. The maximum absolute atomic E-state index is 5.74. The van der Waals surface area contributed by atoms with Gasteiger partial charge < -0.3 is 10.6 Å². The van der Waals surface area contributed by atoms with E-state index in [0.29, 0.717) is 10.7 Å². The Morgan fingerprint density at radius 3 is 2.41 bits per heavy atom. The number of benzene rings is 1. The molecule has 0 amide bonds. The standard InChI is InChI=1S/C16H19N5S/c17-15(22)14-16(19-7-6-18-14)21-10-8-20(9-11-21)12-13-4-2-1-3-5-13/h1-7H,8-12H2,(H2,17,22). The number of thiocarbonyl (C=S) groups is 1. The minimum absolute atomic E-state index is 0.301. The Balaban J connectivity index is 1.64. The van der Waals surface area contributed by atoms with E-state index in [1.54, 1.807) is 12.4 Å². The summed E-state index contributed by atoms with van der Waals surface area (Å²) in [5.74, 6) is 0.800. The molecule has 0 radical (unpaired) electrons. The minimum Gasteiger partial charge on any atom is -0.388 e. The first kappa shape index (κ1) is 14.9. The van der Waals surface area contributed by atoms with Crippen molar-refractivity contribution in [2.45, 2.75) is 6.54 Å². The Bertz CT molecular complexity index is 638. The highest BCUT2D eigenvalue weighted by Gasteiger charge is 2.21. The van der Waals surface area contributed by atoms with Crippen molar-refractivity contribution in [2.75, 3.05) is 31.1 Å². The molecule has 1 aromatic heterocycles. The van der Waals surface area contributed by atoms with Gasteiger partial charge in [0.25, 0.3) is 0 Å². The second-order valence-corrected chi connectivity index (χ2v) is 5.78. The van der Waals surface area contributed by atoms with Crippen molar-refractivity contribution < 1.29 is 0 Å². The number of anilines is 1. The maximum atomic E-state index is 5.74. The molecule has 0 atom stereocenters. The average molecular weight is 313 g/mol. The zero-order valence-electron chi connectivity index (χ0n) is 12.4. The largest absolute Gasteiger partial charge is 0.388 e. The molecule has 5 nitrogen and oxygen atoms in total. The van der Waals surface area contributed by atoms with Gasteiger partial charge in [0.05, 0.1) is 0 Å². The van der Waals surface area contributed by atoms with Crippen molar-refractivity contribution in [1.82, 2.24) is 14.9 Å². The summed E-state index contributed by atoms with van der Waals surface area (Å²) in [4.78, 5) is 13.6. The molecule has 1 aliphatic heterocycles. The van der Waals surface area contributed by atoms with Gasteiger partial charge >= 0.3 is 0 Å². The zero-order valence-corrected chi connectivity index (χ0v) is 13.2. The molecule has 0 unspecified atom stereocenters. The number of aromatic nitrogens is 2. The zero-order chi connectivity index (χ0) is 15.4. The lowest BCUT2D eigenvalue weighted by Gasteiger charge is -2.35. The fourth-order valence-corrected chi connectivity index (χ4v) is 2.84. The molecule has 0 bridgehead atoms. The topological polar surface area (TPSA) is 58.3 Å². The molecular weight excluding hydrogens is 294 g/mol. The maximum Gasteiger partial charge on any atom is 0.157 e. The van der Waals surface area contributed by atoms with Crippen LogP contribution < -0.4 is 10.6 Å². The molecule has 3 rings (SSSR count). The number of nitrogens with two attached hydrogens (primary N) is 1. The van der Waals surface area contributed by atoms with Crippen molar-refractivity contribution in [2.24, 2.45) is 5.73 Å². The van der Waals surface area contributed by atoms with Gasteiger partial charge in [-0.3, -0.25) is 4.90 Å². The van der Waals surface area contributed by atoms with Gasteiger partial charge in [0.15, 0.2) is 5.82 Å². The summed E-state index contributed by atoms with van der Waals surface area (Å²) in [5, 5.41) is 0. The third-order valence-electron chi connectivity index (χ3n) is 3.83. The molecule has 22 heavy (non-hydrogen) atoms. The lowest BCUT2D eigenvalue weighted by molar-refractivity contribution is 0.249. The quantitative estimate of drug-likeness (QED) is 0.862. The number of nitrogens with zero attached hydrogens (tertiary/aromatic N) is 4. The molecule has 1 fully saturated rings. The van der Waals surface area contributed by atoms with E-state index in [-0.39, 0.29) is 0 Å². The number of hydrogen-bond donors (Lipinski definition) is 1. The van der Waals surface area contributed by atoms with Crippen LogP contribution in [0.1, 0.15) is 11.3 Å². The van der Waals surface area contributed by atoms with Gasteiger partial charge in [0.1, 0.15) is 10.7 Å². The molecule has 2 heterocycles. The van der Waals surface area contributed by atoms with Crippen LogP contribution in [0.25, 0.3) is 0 Å². The van der Waals surface area contributed by atoms with Gasteiger partial charge in [-0.05, 0) is 5.56 Å². The van der Waals surface area contributed by atoms with Crippen LogP contribution in [0.5, 0.6) is 0 Å². The molecule has 2 N–H and O–H groups in total. The van der Waals surface area contributed by atoms with Crippen LogP contribution in [-0.4, -0.2) is 46.0 Å². The Labute approximate surface area is 135 Å². The summed E-state index contributed by atoms with van der Waals surface area (Å²) in [6.45, 7) is 4.77. The highest BCUT2D eigenvalue weighted by Crippen LogP contribution is 2.18. The summed E-state index contributed by atoms with van der Waals surface area (Å²) >= 11 is 5.07. The van der Waals surface area contributed by atoms with E-state index in [4.69, 9.17) is 18.0 Å². The van der Waals surface area contributed by atoms with Gasteiger partial charge in [-0.2, -0.15) is 0 Å². The smallest absolute Gasteiger partial charge is 0.157 e. The summed E-state index contributed by atoms with van der Waals surface area (Å²) in [5.41, 5.74) is 7.71. The fourth-order valence-electron chi connectivity index (χ4n) is 2.70. The summed E-state index contributed by atoms with van der Waals surface area (Å²) in [6.07, 6.45) is 3.32. The molecule has 1 aliphatic rings. The average Bonchev–Trinajstić information content (AvgIpc) is 2.56. The minimum atomic E-state index is 0.301. The number of rotatable bonds is 4. The van der Waals surface area contributed by atoms with Crippen molar-refractivity contribution in [3.8, 4) is 0 Å². The number of hydrogen-bond acceptors (Lipinski definition) is 5. The van der Waals surface area contributed by atoms with E-state index in [0.717, 1.165) is 38.5 Å². The van der Waals surface area contributed by atoms with Crippen LogP contribution in [0, 0.1) is 0 Å².